The summed E-state index contributed by atoms with van der Waals surface area (Å²) in [5.41, 5.74) is 0.590. The Kier molecular flexibility index (Phi) is 5.28. The van der Waals surface area contributed by atoms with Gasteiger partial charge in [-0.25, -0.2) is 14.2 Å². The van der Waals surface area contributed by atoms with Crippen molar-refractivity contribution in [3.8, 4) is 5.88 Å². The van der Waals surface area contributed by atoms with Crippen LogP contribution in [0.15, 0.2) is 67.1 Å². The molecule has 2 amide bonds. The van der Waals surface area contributed by atoms with Crippen molar-refractivity contribution >= 4 is 11.7 Å². The third-order valence-electron chi connectivity index (χ3n) is 6.24. The largest absolute Gasteiger partial charge is 0.472 e. The molecule has 1 aliphatic carbocycles. The molecule has 1 aromatic carbocycles. The van der Waals surface area contributed by atoms with E-state index in [0.29, 0.717) is 36.5 Å². The van der Waals surface area contributed by atoms with Crippen LogP contribution in [0, 0.1) is 17.7 Å². The molecular weight excluding hydrogens is 397 g/mol. The topological polar surface area (TPSA) is 72.3 Å². The number of halogens is 1. The number of amides is 2. The molecule has 7 nitrogen and oxygen atoms in total. The van der Waals surface area contributed by atoms with Gasteiger partial charge in [-0.2, -0.15) is 5.10 Å². The lowest BCUT2D eigenvalue weighted by Gasteiger charge is -2.37. The Morgan fingerprint density at radius 2 is 1.84 bits per heavy atom. The second-order valence-corrected chi connectivity index (χ2v) is 8.21. The molecule has 0 radical (unpaired) electrons. The maximum atomic E-state index is 13.1. The number of fused-ring (bicyclic) bond motifs is 1. The predicted molar refractivity (Wildman–Crippen MR) is 113 cm³/mol. The second kappa shape index (κ2) is 8.37. The van der Waals surface area contributed by atoms with Gasteiger partial charge in [0.25, 0.3) is 0 Å². The van der Waals surface area contributed by atoms with E-state index in [-0.39, 0.29) is 24.0 Å². The van der Waals surface area contributed by atoms with Gasteiger partial charge in [0.05, 0.1) is 6.04 Å². The Labute approximate surface area is 179 Å². The van der Waals surface area contributed by atoms with Crippen LogP contribution < -0.4 is 10.1 Å². The van der Waals surface area contributed by atoms with Crippen molar-refractivity contribution in [3.63, 3.8) is 0 Å². The number of hydrogen-bond donors (Lipinski definition) is 1. The van der Waals surface area contributed by atoms with Crippen molar-refractivity contribution in [3.05, 3.63) is 72.9 Å². The summed E-state index contributed by atoms with van der Waals surface area (Å²) in [7, 11) is 0. The SMILES string of the molecule is O=C(Nc1ccc(F)cc1)N1C[C@H]2C[C@H](Oc3ccccn3)[C@@H](n3cccn3)C[C@H]2C1. The third kappa shape index (κ3) is 4.23. The van der Waals surface area contributed by atoms with Gasteiger partial charge in [0.2, 0.25) is 5.88 Å². The average Bonchev–Trinajstić information content (AvgIpc) is 3.45. The molecule has 3 aromatic rings. The number of ether oxygens (including phenoxy) is 1. The van der Waals surface area contributed by atoms with Crippen LogP contribution in [0.25, 0.3) is 0 Å². The van der Waals surface area contributed by atoms with Crippen molar-refractivity contribution in [1.82, 2.24) is 19.7 Å². The molecule has 8 heteroatoms. The number of pyridine rings is 1. The summed E-state index contributed by atoms with van der Waals surface area (Å²) in [6.07, 6.45) is 7.10. The first-order valence-electron chi connectivity index (χ1n) is 10.5. The standard InChI is InChI=1S/C23H24FN5O2/c24-18-5-7-19(8-6-18)27-23(30)28-14-16-12-20(29-11-3-10-26-29)21(13-17(16)15-28)31-22-4-1-2-9-25-22/h1-11,16-17,20-21H,12-15H2,(H,27,30)/t16-,17+,20-,21-/m0/s1. The van der Waals surface area contributed by atoms with Crippen molar-refractivity contribution in [1.29, 1.82) is 0 Å². The molecule has 31 heavy (non-hydrogen) atoms. The van der Waals surface area contributed by atoms with E-state index >= 15 is 0 Å². The highest BCUT2D eigenvalue weighted by atomic mass is 19.1. The number of aromatic nitrogens is 3. The summed E-state index contributed by atoms with van der Waals surface area (Å²) in [6, 6.07) is 13.3. The summed E-state index contributed by atoms with van der Waals surface area (Å²) in [6.45, 7) is 1.36. The number of rotatable bonds is 4. The zero-order valence-electron chi connectivity index (χ0n) is 17.0. The lowest BCUT2D eigenvalue weighted by atomic mass is 9.77. The minimum atomic E-state index is -0.325. The van der Waals surface area contributed by atoms with E-state index in [2.05, 4.69) is 15.4 Å². The van der Waals surface area contributed by atoms with Gasteiger partial charge in [0.1, 0.15) is 11.9 Å². The molecule has 3 heterocycles. The highest BCUT2D eigenvalue weighted by Crippen LogP contribution is 2.42. The van der Waals surface area contributed by atoms with E-state index in [9.17, 15) is 9.18 Å². The minimum Gasteiger partial charge on any atom is -0.472 e. The first kappa shape index (κ1) is 19.5. The molecule has 2 aromatic heterocycles. The summed E-state index contributed by atoms with van der Waals surface area (Å²) in [5, 5.41) is 7.33. The molecular formula is C23H24FN5O2. The van der Waals surface area contributed by atoms with Gasteiger partial charge >= 0.3 is 6.03 Å². The predicted octanol–water partition coefficient (Wildman–Crippen LogP) is 3.98. The van der Waals surface area contributed by atoms with Gasteiger partial charge in [-0.3, -0.25) is 4.68 Å². The Bertz CT molecular complexity index is 1010. The number of urea groups is 1. The molecule has 1 saturated heterocycles. The molecule has 4 atom stereocenters. The van der Waals surface area contributed by atoms with Crippen LogP contribution in [0.2, 0.25) is 0 Å². The average molecular weight is 421 g/mol. The lowest BCUT2D eigenvalue weighted by molar-refractivity contribution is 0.0459. The number of carbonyl (C=O) groups excluding carboxylic acids is 1. The van der Waals surface area contributed by atoms with Crippen molar-refractivity contribution in [2.45, 2.75) is 25.0 Å². The number of anilines is 1. The Hall–Kier alpha value is -3.42. The van der Waals surface area contributed by atoms with Gasteiger partial charge in [0.15, 0.2) is 0 Å². The maximum Gasteiger partial charge on any atom is 0.321 e. The first-order chi connectivity index (χ1) is 15.2. The summed E-state index contributed by atoms with van der Waals surface area (Å²) < 4.78 is 21.4. The molecule has 0 spiro atoms. The van der Waals surface area contributed by atoms with E-state index in [1.807, 2.05) is 40.0 Å². The van der Waals surface area contributed by atoms with E-state index in [4.69, 9.17) is 4.74 Å². The van der Waals surface area contributed by atoms with Crippen molar-refractivity contribution in [2.24, 2.45) is 11.8 Å². The molecule has 0 unspecified atom stereocenters. The van der Waals surface area contributed by atoms with Crippen molar-refractivity contribution < 1.29 is 13.9 Å². The zero-order valence-corrected chi connectivity index (χ0v) is 17.0. The van der Waals surface area contributed by atoms with Crippen LogP contribution in [0.3, 0.4) is 0 Å². The Morgan fingerprint density at radius 1 is 1.03 bits per heavy atom. The van der Waals surface area contributed by atoms with E-state index in [1.54, 1.807) is 24.5 Å². The van der Waals surface area contributed by atoms with E-state index in [0.717, 1.165) is 12.8 Å². The smallest absolute Gasteiger partial charge is 0.321 e. The van der Waals surface area contributed by atoms with Gasteiger partial charge in [-0.15, -0.1) is 0 Å². The molecule has 2 fully saturated rings. The van der Waals surface area contributed by atoms with Gasteiger partial charge in [-0.1, -0.05) is 6.07 Å². The van der Waals surface area contributed by atoms with Gasteiger partial charge in [0, 0.05) is 43.4 Å². The fourth-order valence-corrected chi connectivity index (χ4v) is 4.75. The molecule has 1 N–H and O–H groups in total. The quantitative estimate of drug-likeness (QED) is 0.692. The summed E-state index contributed by atoms with van der Waals surface area (Å²) >= 11 is 0. The van der Waals surface area contributed by atoms with Crippen LogP contribution in [-0.4, -0.2) is 44.9 Å². The minimum absolute atomic E-state index is 0.0730. The molecule has 160 valence electrons. The van der Waals surface area contributed by atoms with E-state index < -0.39 is 0 Å². The number of nitrogens with zero attached hydrogens (tertiary/aromatic N) is 4. The van der Waals surface area contributed by atoms with Crippen molar-refractivity contribution in [2.75, 3.05) is 18.4 Å². The summed E-state index contributed by atoms with van der Waals surface area (Å²) in [4.78, 5) is 19.0. The lowest BCUT2D eigenvalue weighted by Crippen LogP contribution is -2.40. The van der Waals surface area contributed by atoms with Crippen LogP contribution in [0.1, 0.15) is 18.9 Å². The number of carbonyl (C=O) groups is 1. The molecule has 5 rings (SSSR count). The van der Waals surface area contributed by atoms with Crippen LogP contribution in [-0.2, 0) is 0 Å². The normalized spacial score (nSPS) is 25.1. The third-order valence-corrected chi connectivity index (χ3v) is 6.24. The molecule has 1 saturated carbocycles. The first-order valence-corrected chi connectivity index (χ1v) is 10.5. The summed E-state index contributed by atoms with van der Waals surface area (Å²) in [5.74, 6) is 0.997. The van der Waals surface area contributed by atoms with Crippen LogP contribution in [0.4, 0.5) is 14.9 Å². The molecule has 2 aliphatic rings. The Balaban J connectivity index is 1.29. The zero-order chi connectivity index (χ0) is 21.2. The van der Waals surface area contributed by atoms with Crippen LogP contribution in [0.5, 0.6) is 5.88 Å². The fraction of sp³-hybridized carbons (Fsp3) is 0.348. The molecule has 0 bridgehead atoms. The van der Waals surface area contributed by atoms with Gasteiger partial charge < -0.3 is 15.0 Å². The number of hydrogen-bond acceptors (Lipinski definition) is 4. The number of likely N-dealkylation sites (tertiary alicyclic amines) is 1. The fourth-order valence-electron chi connectivity index (χ4n) is 4.75. The maximum absolute atomic E-state index is 13.1. The Morgan fingerprint density at radius 3 is 2.55 bits per heavy atom. The highest BCUT2D eigenvalue weighted by Gasteiger charge is 2.45. The molecule has 1 aliphatic heterocycles. The van der Waals surface area contributed by atoms with Crippen LogP contribution >= 0.6 is 0 Å². The number of nitrogens with one attached hydrogen (secondary N) is 1. The highest BCUT2D eigenvalue weighted by molar-refractivity contribution is 5.89. The monoisotopic (exact) mass is 421 g/mol. The second-order valence-electron chi connectivity index (χ2n) is 8.21. The number of benzene rings is 1. The van der Waals surface area contributed by atoms with E-state index in [1.165, 1.54) is 12.1 Å². The van der Waals surface area contributed by atoms with Gasteiger partial charge in [-0.05, 0) is 61.1 Å².